The Morgan fingerprint density at radius 1 is 1.00 bits per heavy atom. The third-order valence-corrected chi connectivity index (χ3v) is 3.94. The van der Waals surface area contributed by atoms with Crippen LogP contribution in [0.15, 0.2) is 40.9 Å². The fraction of sp³-hybridized carbons (Fsp3) is 0.143. The van der Waals surface area contributed by atoms with Crippen molar-refractivity contribution in [3.63, 3.8) is 0 Å². The van der Waals surface area contributed by atoms with Gasteiger partial charge in [0.25, 0.3) is 0 Å². The van der Waals surface area contributed by atoms with Crippen molar-refractivity contribution in [1.82, 2.24) is 0 Å². The molecule has 0 spiro atoms. The number of hydrogen-bond donors (Lipinski definition) is 1. The predicted octanol–water partition coefficient (Wildman–Crippen LogP) is 6.39. The summed E-state index contributed by atoms with van der Waals surface area (Å²) >= 11 is 14.9. The van der Waals surface area contributed by atoms with Crippen molar-refractivity contribution in [1.29, 1.82) is 0 Å². The highest BCUT2D eigenvalue weighted by atomic mass is 79.9. The summed E-state index contributed by atoms with van der Waals surface area (Å²) in [6, 6.07) is 9.02. The highest BCUT2D eigenvalue weighted by Crippen LogP contribution is 2.36. The van der Waals surface area contributed by atoms with Gasteiger partial charge in [-0.05, 0) is 35.9 Å². The molecule has 2 aromatic rings. The number of alkyl halides is 3. The minimum Gasteiger partial charge on any atom is -0.381 e. The molecular formula is C14H9BrCl2F3N. The summed E-state index contributed by atoms with van der Waals surface area (Å²) in [7, 11) is 0. The van der Waals surface area contributed by atoms with E-state index in [1.807, 2.05) is 6.07 Å². The molecule has 0 bridgehead atoms. The summed E-state index contributed by atoms with van der Waals surface area (Å²) in [6.45, 7) is 0.311. The second-order valence-electron chi connectivity index (χ2n) is 4.28. The van der Waals surface area contributed by atoms with Gasteiger partial charge in [0.05, 0.1) is 10.6 Å². The molecule has 21 heavy (non-hydrogen) atoms. The lowest BCUT2D eigenvalue weighted by Crippen LogP contribution is -2.07. The summed E-state index contributed by atoms with van der Waals surface area (Å²) in [6.07, 6.45) is -4.48. The van der Waals surface area contributed by atoms with Crippen molar-refractivity contribution >= 4 is 44.8 Å². The maximum Gasteiger partial charge on any atom is 0.417 e. The molecule has 0 saturated heterocycles. The summed E-state index contributed by atoms with van der Waals surface area (Å²) in [5, 5.41) is 3.11. The standard InChI is InChI=1S/C14H9BrCl2F3N/c15-9-2-1-8(13(17)5-9)7-21-10-3-4-12(16)11(6-10)14(18,19)20/h1-6,21H,7H2. The highest BCUT2D eigenvalue weighted by Gasteiger charge is 2.33. The van der Waals surface area contributed by atoms with E-state index in [1.165, 1.54) is 12.1 Å². The molecule has 0 amide bonds. The molecule has 0 aliphatic heterocycles. The Balaban J connectivity index is 2.17. The van der Waals surface area contributed by atoms with Crippen LogP contribution < -0.4 is 5.32 Å². The molecule has 0 unspecified atom stereocenters. The second kappa shape index (κ2) is 6.46. The van der Waals surface area contributed by atoms with Gasteiger partial charge in [0.1, 0.15) is 0 Å². The molecule has 1 N–H and O–H groups in total. The molecule has 0 aliphatic carbocycles. The Kier molecular flexibility index (Phi) is 5.07. The van der Waals surface area contributed by atoms with Crippen LogP contribution in [0.3, 0.4) is 0 Å². The minimum absolute atomic E-state index is 0.311. The van der Waals surface area contributed by atoms with Crippen LogP contribution in [0.4, 0.5) is 18.9 Å². The maximum atomic E-state index is 12.8. The predicted molar refractivity (Wildman–Crippen MR) is 82.9 cm³/mol. The molecule has 0 fully saturated rings. The lowest BCUT2D eigenvalue weighted by molar-refractivity contribution is -0.137. The van der Waals surface area contributed by atoms with E-state index in [4.69, 9.17) is 23.2 Å². The molecule has 2 aromatic carbocycles. The molecule has 0 atom stereocenters. The first-order chi connectivity index (χ1) is 9.77. The second-order valence-corrected chi connectivity index (χ2v) is 6.01. The quantitative estimate of drug-likeness (QED) is 0.631. The van der Waals surface area contributed by atoms with Gasteiger partial charge in [-0.3, -0.25) is 0 Å². The number of rotatable bonds is 3. The summed E-state index contributed by atoms with van der Waals surface area (Å²) in [4.78, 5) is 0. The molecule has 7 heteroatoms. The Labute approximate surface area is 138 Å². The highest BCUT2D eigenvalue weighted by molar-refractivity contribution is 9.10. The van der Waals surface area contributed by atoms with Gasteiger partial charge in [0.2, 0.25) is 0 Å². The Hall–Kier alpha value is -0.910. The first kappa shape index (κ1) is 16.5. The lowest BCUT2D eigenvalue weighted by atomic mass is 10.1. The Morgan fingerprint density at radius 2 is 1.71 bits per heavy atom. The molecule has 112 valence electrons. The first-order valence-corrected chi connectivity index (χ1v) is 7.37. The van der Waals surface area contributed by atoms with E-state index >= 15 is 0 Å². The fourth-order valence-electron chi connectivity index (χ4n) is 1.71. The third-order valence-electron chi connectivity index (χ3n) is 2.77. The molecule has 0 heterocycles. The average molecular weight is 399 g/mol. The van der Waals surface area contributed by atoms with Crippen molar-refractivity contribution in [3.05, 3.63) is 62.0 Å². The lowest BCUT2D eigenvalue weighted by Gasteiger charge is -2.13. The van der Waals surface area contributed by atoms with E-state index in [1.54, 1.807) is 12.1 Å². The zero-order valence-corrected chi connectivity index (χ0v) is 13.5. The van der Waals surface area contributed by atoms with Crippen LogP contribution in [0, 0.1) is 0 Å². The van der Waals surface area contributed by atoms with E-state index in [0.29, 0.717) is 17.3 Å². The van der Waals surface area contributed by atoms with E-state index in [-0.39, 0.29) is 5.02 Å². The number of nitrogens with one attached hydrogen (secondary N) is 1. The van der Waals surface area contributed by atoms with Crippen LogP contribution >= 0.6 is 39.1 Å². The van der Waals surface area contributed by atoms with Crippen LogP contribution in [0.1, 0.15) is 11.1 Å². The number of benzene rings is 2. The monoisotopic (exact) mass is 397 g/mol. The summed E-state index contributed by atoms with van der Waals surface area (Å²) in [5.74, 6) is 0. The van der Waals surface area contributed by atoms with Gasteiger partial charge < -0.3 is 5.32 Å². The minimum atomic E-state index is -4.48. The van der Waals surface area contributed by atoms with E-state index in [9.17, 15) is 13.2 Å². The fourth-order valence-corrected chi connectivity index (χ4v) is 2.68. The molecule has 2 rings (SSSR count). The molecule has 0 radical (unpaired) electrons. The van der Waals surface area contributed by atoms with E-state index < -0.39 is 11.7 Å². The largest absolute Gasteiger partial charge is 0.417 e. The number of halogens is 6. The average Bonchev–Trinajstić information content (AvgIpc) is 2.38. The van der Waals surface area contributed by atoms with Crippen molar-refractivity contribution in [2.24, 2.45) is 0 Å². The van der Waals surface area contributed by atoms with Crippen molar-refractivity contribution in [3.8, 4) is 0 Å². The van der Waals surface area contributed by atoms with Gasteiger partial charge in [-0.15, -0.1) is 0 Å². The molecule has 1 nitrogen and oxygen atoms in total. The van der Waals surface area contributed by atoms with Crippen LogP contribution in [-0.2, 0) is 12.7 Å². The first-order valence-electron chi connectivity index (χ1n) is 5.82. The molecular weight excluding hydrogens is 390 g/mol. The van der Waals surface area contributed by atoms with Gasteiger partial charge in [0.15, 0.2) is 0 Å². The van der Waals surface area contributed by atoms with Crippen LogP contribution in [0.2, 0.25) is 10.0 Å². The number of hydrogen-bond acceptors (Lipinski definition) is 1. The van der Waals surface area contributed by atoms with Crippen molar-refractivity contribution in [2.75, 3.05) is 5.32 Å². The van der Waals surface area contributed by atoms with Crippen LogP contribution in [-0.4, -0.2) is 0 Å². The summed E-state index contributed by atoms with van der Waals surface area (Å²) < 4.78 is 39.1. The zero-order chi connectivity index (χ0) is 15.6. The smallest absolute Gasteiger partial charge is 0.381 e. The van der Waals surface area contributed by atoms with Crippen LogP contribution in [0.25, 0.3) is 0 Å². The van der Waals surface area contributed by atoms with Crippen LogP contribution in [0.5, 0.6) is 0 Å². The van der Waals surface area contributed by atoms with Gasteiger partial charge >= 0.3 is 6.18 Å². The van der Waals surface area contributed by atoms with Gasteiger partial charge in [-0.25, -0.2) is 0 Å². The van der Waals surface area contributed by atoms with Crippen molar-refractivity contribution < 1.29 is 13.2 Å². The van der Waals surface area contributed by atoms with Gasteiger partial charge in [-0.2, -0.15) is 13.2 Å². The SMILES string of the molecule is FC(F)(F)c1cc(NCc2ccc(Br)cc2Cl)ccc1Cl. The molecule has 0 saturated carbocycles. The molecule has 0 aromatic heterocycles. The Bertz CT molecular complexity index is 659. The van der Waals surface area contributed by atoms with E-state index in [0.717, 1.165) is 16.1 Å². The molecule has 0 aliphatic rings. The topological polar surface area (TPSA) is 12.0 Å². The van der Waals surface area contributed by atoms with Gasteiger partial charge in [-0.1, -0.05) is 45.2 Å². The Morgan fingerprint density at radius 3 is 2.33 bits per heavy atom. The zero-order valence-electron chi connectivity index (χ0n) is 10.4. The third kappa shape index (κ3) is 4.28. The van der Waals surface area contributed by atoms with Gasteiger partial charge in [0, 0.05) is 21.7 Å². The maximum absolute atomic E-state index is 12.8. The van der Waals surface area contributed by atoms with Crippen molar-refractivity contribution in [2.45, 2.75) is 12.7 Å². The van der Waals surface area contributed by atoms with E-state index in [2.05, 4.69) is 21.2 Å². The number of anilines is 1. The summed E-state index contributed by atoms with van der Waals surface area (Å²) in [5.41, 5.74) is 0.241. The normalized spacial score (nSPS) is 11.5.